The van der Waals surface area contributed by atoms with Crippen LogP contribution in [0.2, 0.25) is 0 Å². The lowest BCUT2D eigenvalue weighted by molar-refractivity contribution is -0.147. The quantitative estimate of drug-likeness (QED) is 0.0987. The van der Waals surface area contributed by atoms with E-state index in [1.165, 1.54) is 43.3 Å². The third-order valence-electron chi connectivity index (χ3n) is 4.80. The van der Waals surface area contributed by atoms with E-state index in [0.717, 1.165) is 15.7 Å². The van der Waals surface area contributed by atoms with Gasteiger partial charge < -0.3 is 18.9 Å². The van der Waals surface area contributed by atoms with E-state index in [4.69, 9.17) is 23.5 Å². The van der Waals surface area contributed by atoms with E-state index in [2.05, 4.69) is 29.2 Å². The number of halogens is 2. The maximum Gasteiger partial charge on any atom is 0.344 e. The Morgan fingerprint density at radius 3 is 2.13 bits per heavy atom. The molecule has 0 saturated carbocycles. The zero-order valence-corrected chi connectivity index (χ0v) is 25.3. The molecular weight excluding hydrogens is 758 g/mol. The van der Waals surface area contributed by atoms with E-state index in [9.17, 15) is 22.8 Å². The molecule has 0 aliphatic heterocycles. The van der Waals surface area contributed by atoms with E-state index in [1.807, 2.05) is 22.6 Å². The smallest absolute Gasteiger partial charge is 0.344 e. The van der Waals surface area contributed by atoms with Crippen LogP contribution in [0, 0.1) is 7.14 Å². The van der Waals surface area contributed by atoms with E-state index in [0.29, 0.717) is 20.6 Å². The third kappa shape index (κ3) is 9.01. The van der Waals surface area contributed by atoms with Crippen molar-refractivity contribution in [1.82, 2.24) is 0 Å². The summed E-state index contributed by atoms with van der Waals surface area (Å²) < 4.78 is 54.3. The van der Waals surface area contributed by atoms with Crippen LogP contribution in [0.1, 0.15) is 22.8 Å². The molecular formula is C26H20I2O10S. The summed E-state index contributed by atoms with van der Waals surface area (Å²) in [6.07, 6.45) is 0. The van der Waals surface area contributed by atoms with Crippen LogP contribution in [0.4, 0.5) is 0 Å². The number of esters is 3. The van der Waals surface area contributed by atoms with E-state index in [-0.39, 0.29) is 28.4 Å². The van der Waals surface area contributed by atoms with Gasteiger partial charge in [-0.2, -0.15) is 8.42 Å². The van der Waals surface area contributed by atoms with Crippen molar-refractivity contribution < 1.29 is 46.3 Å². The Balaban J connectivity index is 1.61. The summed E-state index contributed by atoms with van der Waals surface area (Å²) in [5, 5.41) is 0. The molecule has 39 heavy (non-hydrogen) atoms. The average molecular weight is 778 g/mol. The Hall–Kier alpha value is -3.02. The van der Waals surface area contributed by atoms with Crippen LogP contribution in [0.15, 0.2) is 77.7 Å². The normalized spacial score (nSPS) is 10.9. The Kier molecular flexibility index (Phi) is 10.5. The minimum atomic E-state index is -4.40. The first-order chi connectivity index (χ1) is 18.3. The standard InChI is InChI=1S/C26H20I2O10S/c1-15(2)25(30)37-20-7-5-19(6-8-20)35-14-23(29)36-13-17-11-18(27)12-22(28)24(17)38-26(31)16-3-9-21(10-4-16)39(32,33)34/h3-12H,1,13-14H2,2H3,(H,32,33,34). The van der Waals surface area contributed by atoms with Gasteiger partial charge in [-0.3, -0.25) is 4.55 Å². The van der Waals surface area contributed by atoms with Crippen molar-refractivity contribution >= 4 is 73.2 Å². The summed E-state index contributed by atoms with van der Waals surface area (Å²) in [7, 11) is -4.40. The molecule has 3 aromatic rings. The molecule has 0 heterocycles. The van der Waals surface area contributed by atoms with Crippen molar-refractivity contribution in [2.24, 2.45) is 0 Å². The average Bonchev–Trinajstić information content (AvgIpc) is 2.88. The van der Waals surface area contributed by atoms with Crippen molar-refractivity contribution in [3.8, 4) is 17.2 Å². The van der Waals surface area contributed by atoms with Crippen LogP contribution >= 0.6 is 45.2 Å². The summed E-state index contributed by atoms with van der Waals surface area (Å²) in [4.78, 5) is 36.2. The van der Waals surface area contributed by atoms with Crippen LogP contribution < -0.4 is 14.2 Å². The molecule has 13 heteroatoms. The van der Waals surface area contributed by atoms with E-state index in [1.54, 1.807) is 12.1 Å². The summed E-state index contributed by atoms with van der Waals surface area (Å²) in [6.45, 7) is 4.42. The second-order valence-corrected chi connectivity index (χ2v) is 11.7. The Bertz CT molecular complexity index is 1520. The van der Waals surface area contributed by atoms with E-state index < -0.39 is 34.6 Å². The molecule has 0 bridgehead atoms. The number of carbonyl (C=O) groups is 3. The molecule has 3 aromatic carbocycles. The lowest BCUT2D eigenvalue weighted by Gasteiger charge is -2.14. The number of hydrogen-bond donors (Lipinski definition) is 1. The molecule has 10 nitrogen and oxygen atoms in total. The summed E-state index contributed by atoms with van der Waals surface area (Å²) in [6, 6.07) is 14.1. The predicted octanol–water partition coefficient (Wildman–Crippen LogP) is 4.97. The maximum atomic E-state index is 12.7. The van der Waals surface area contributed by atoms with Crippen LogP contribution in [0.25, 0.3) is 0 Å². The molecule has 0 atom stereocenters. The van der Waals surface area contributed by atoms with Crippen LogP contribution in [0.3, 0.4) is 0 Å². The van der Waals surface area contributed by atoms with Gasteiger partial charge >= 0.3 is 17.9 Å². The first-order valence-electron chi connectivity index (χ1n) is 10.9. The Labute approximate surface area is 251 Å². The first-order valence-corrected chi connectivity index (χ1v) is 14.5. The Morgan fingerprint density at radius 1 is 0.923 bits per heavy atom. The molecule has 0 radical (unpaired) electrons. The molecule has 0 spiro atoms. The fourth-order valence-electron chi connectivity index (χ4n) is 2.89. The molecule has 0 unspecified atom stereocenters. The van der Waals surface area contributed by atoms with Gasteiger partial charge in [0.15, 0.2) is 12.4 Å². The predicted molar refractivity (Wildman–Crippen MR) is 155 cm³/mol. The lowest BCUT2D eigenvalue weighted by Crippen LogP contribution is -2.16. The molecule has 0 aliphatic rings. The molecule has 3 rings (SSSR count). The van der Waals surface area contributed by atoms with Crippen molar-refractivity contribution in [1.29, 1.82) is 0 Å². The zero-order valence-electron chi connectivity index (χ0n) is 20.2. The summed E-state index contributed by atoms with van der Waals surface area (Å²) >= 11 is 4.05. The summed E-state index contributed by atoms with van der Waals surface area (Å²) in [5.74, 6) is -1.20. The Morgan fingerprint density at radius 2 is 1.54 bits per heavy atom. The number of ether oxygens (including phenoxy) is 4. The molecule has 0 fully saturated rings. The highest BCUT2D eigenvalue weighted by Gasteiger charge is 2.19. The van der Waals surface area contributed by atoms with Gasteiger partial charge in [-0.05, 0) is 113 Å². The van der Waals surface area contributed by atoms with Crippen LogP contribution in [0.5, 0.6) is 17.2 Å². The SMILES string of the molecule is C=C(C)C(=O)Oc1ccc(OCC(=O)OCc2cc(I)cc(I)c2OC(=O)c2ccc(S(=O)(=O)O)cc2)cc1. The fourth-order valence-corrected chi connectivity index (χ4v) is 5.45. The molecule has 0 saturated heterocycles. The van der Waals surface area contributed by atoms with Gasteiger partial charge in [0.2, 0.25) is 0 Å². The highest BCUT2D eigenvalue weighted by Crippen LogP contribution is 2.30. The minimum Gasteiger partial charge on any atom is -0.482 e. The maximum absolute atomic E-state index is 12.7. The number of benzene rings is 3. The number of rotatable bonds is 10. The number of hydrogen-bond acceptors (Lipinski definition) is 9. The molecule has 0 aromatic heterocycles. The lowest BCUT2D eigenvalue weighted by atomic mass is 10.2. The van der Waals surface area contributed by atoms with Crippen molar-refractivity contribution in [3.63, 3.8) is 0 Å². The van der Waals surface area contributed by atoms with Gasteiger partial charge in [-0.15, -0.1) is 0 Å². The topological polar surface area (TPSA) is 142 Å². The molecule has 204 valence electrons. The zero-order chi connectivity index (χ0) is 28.7. The first kappa shape index (κ1) is 30.5. The monoisotopic (exact) mass is 778 g/mol. The minimum absolute atomic E-state index is 0.0495. The van der Waals surface area contributed by atoms with Crippen LogP contribution in [-0.2, 0) is 31.1 Å². The van der Waals surface area contributed by atoms with Crippen molar-refractivity contribution in [2.45, 2.75) is 18.4 Å². The van der Waals surface area contributed by atoms with Gasteiger partial charge in [0, 0.05) is 14.7 Å². The second-order valence-electron chi connectivity index (χ2n) is 7.86. The van der Waals surface area contributed by atoms with Gasteiger partial charge in [-0.25, -0.2) is 14.4 Å². The third-order valence-corrected chi connectivity index (χ3v) is 7.09. The van der Waals surface area contributed by atoms with Gasteiger partial charge in [0.05, 0.1) is 14.0 Å². The van der Waals surface area contributed by atoms with Crippen molar-refractivity contribution in [3.05, 3.63) is 91.1 Å². The van der Waals surface area contributed by atoms with Crippen LogP contribution in [-0.4, -0.2) is 37.5 Å². The highest BCUT2D eigenvalue weighted by atomic mass is 127. The molecule has 0 amide bonds. The van der Waals surface area contributed by atoms with Gasteiger partial charge in [-0.1, -0.05) is 6.58 Å². The largest absolute Gasteiger partial charge is 0.482 e. The summed E-state index contributed by atoms with van der Waals surface area (Å²) in [5.41, 5.74) is 0.730. The van der Waals surface area contributed by atoms with E-state index >= 15 is 0 Å². The van der Waals surface area contributed by atoms with Gasteiger partial charge in [0.1, 0.15) is 18.1 Å². The fraction of sp³-hybridized carbons (Fsp3) is 0.115. The molecule has 0 aliphatic carbocycles. The second kappa shape index (κ2) is 13.4. The highest BCUT2D eigenvalue weighted by molar-refractivity contribution is 14.1. The van der Waals surface area contributed by atoms with Gasteiger partial charge in [0.25, 0.3) is 10.1 Å². The van der Waals surface area contributed by atoms with Crippen molar-refractivity contribution in [2.75, 3.05) is 6.61 Å². The molecule has 1 N–H and O–H groups in total. The number of carbonyl (C=O) groups excluding carboxylic acids is 3.